The molecule has 1 rings (SSSR count). The summed E-state index contributed by atoms with van der Waals surface area (Å²) in [6.45, 7) is 0. The van der Waals surface area contributed by atoms with Crippen molar-refractivity contribution < 1.29 is 45.2 Å². The lowest BCUT2D eigenvalue weighted by atomic mass is 10.3. The van der Waals surface area contributed by atoms with Gasteiger partial charge in [-0.2, -0.15) is 30.7 Å². The van der Waals surface area contributed by atoms with Crippen molar-refractivity contribution in [1.82, 2.24) is 0 Å². The van der Waals surface area contributed by atoms with Crippen molar-refractivity contribution in [3.8, 4) is 0 Å². The molecule has 0 aromatic heterocycles. The quantitative estimate of drug-likeness (QED) is 0.206. The third kappa shape index (κ3) is 4.93. The minimum Gasteiger partial charge on any atom is -0.468 e. The van der Waals surface area contributed by atoms with E-state index in [1.165, 1.54) is 0 Å². The van der Waals surface area contributed by atoms with Crippen LogP contribution in [0.5, 0.6) is 0 Å². The molecular weight excluding hydrogens is 419 g/mol. The maximum Gasteiger partial charge on any atom is 0.460 e. The molecule has 0 N–H and O–H groups in total. The maximum absolute atomic E-state index is 13.4. The highest BCUT2D eigenvalue weighted by molar-refractivity contribution is 8.00. The third-order valence-corrected chi connectivity index (χ3v) is 4.71. The second-order valence-electron chi connectivity index (χ2n) is 4.44. The molecule has 0 aliphatic carbocycles. The van der Waals surface area contributed by atoms with E-state index in [1.54, 1.807) is 0 Å². The van der Waals surface area contributed by atoms with Crippen LogP contribution in [0.1, 0.15) is 0 Å². The molecule has 0 spiro atoms. The van der Waals surface area contributed by atoms with E-state index in [4.69, 9.17) is 0 Å². The van der Waals surface area contributed by atoms with Crippen LogP contribution in [0.4, 0.5) is 36.4 Å². The molecule has 14 heteroatoms. The van der Waals surface area contributed by atoms with Gasteiger partial charge >= 0.3 is 23.3 Å². The van der Waals surface area contributed by atoms with E-state index < -0.39 is 50.6 Å². The second kappa shape index (κ2) is 7.90. The molecule has 0 saturated heterocycles. The van der Waals surface area contributed by atoms with Gasteiger partial charge in [-0.3, -0.25) is 14.9 Å². The topological polar surface area (TPSA) is 69.4 Å². The van der Waals surface area contributed by atoms with Gasteiger partial charge in [0.05, 0.1) is 22.7 Å². The van der Waals surface area contributed by atoms with Crippen molar-refractivity contribution in [1.29, 1.82) is 0 Å². The summed E-state index contributed by atoms with van der Waals surface area (Å²) in [7, 11) is 1.06. The molecule has 0 atom stereocenters. The van der Waals surface area contributed by atoms with Gasteiger partial charge in [0.1, 0.15) is 0 Å². The number of carbonyl (C=O) groups excluding carboxylic acids is 1. The molecular formula is C12H8F7NO4S2. The van der Waals surface area contributed by atoms with Crippen LogP contribution in [-0.4, -0.2) is 41.1 Å². The first-order valence-electron chi connectivity index (χ1n) is 6.22. The zero-order valence-electron chi connectivity index (χ0n) is 12.5. The van der Waals surface area contributed by atoms with Crippen LogP contribution in [0, 0.1) is 10.1 Å². The minimum atomic E-state index is -6.51. The van der Waals surface area contributed by atoms with Gasteiger partial charge in [0.2, 0.25) is 0 Å². The zero-order chi connectivity index (χ0) is 20.3. The number of nitrogens with zero attached hydrogens (tertiary/aromatic N) is 1. The average Bonchev–Trinajstić information content (AvgIpc) is 2.51. The lowest BCUT2D eigenvalue weighted by Crippen LogP contribution is -2.49. The summed E-state index contributed by atoms with van der Waals surface area (Å²) >= 11 is -0.556. The van der Waals surface area contributed by atoms with E-state index in [2.05, 4.69) is 4.74 Å². The van der Waals surface area contributed by atoms with E-state index in [1.807, 2.05) is 0 Å². The molecule has 26 heavy (non-hydrogen) atoms. The fraction of sp³-hybridized carbons (Fsp3) is 0.417. The minimum absolute atomic E-state index is 0.185. The van der Waals surface area contributed by atoms with Gasteiger partial charge in [-0.25, -0.2) is 0 Å². The van der Waals surface area contributed by atoms with Crippen LogP contribution in [0.2, 0.25) is 0 Å². The Balaban J connectivity index is 3.14. The van der Waals surface area contributed by atoms with E-state index in [9.17, 15) is 45.6 Å². The number of rotatable bonds is 7. The lowest BCUT2D eigenvalue weighted by Gasteiger charge is -2.27. The van der Waals surface area contributed by atoms with Crippen LogP contribution in [0.15, 0.2) is 28.0 Å². The highest BCUT2D eigenvalue weighted by Gasteiger charge is 2.73. The number of carbonyl (C=O) groups is 1. The summed E-state index contributed by atoms with van der Waals surface area (Å²) in [5, 5.41) is 5.36. The summed E-state index contributed by atoms with van der Waals surface area (Å²) in [5.74, 6) is -7.47. The summed E-state index contributed by atoms with van der Waals surface area (Å²) in [4.78, 5) is 19.9. The molecule has 5 nitrogen and oxygen atoms in total. The van der Waals surface area contributed by atoms with Gasteiger partial charge in [0, 0.05) is 11.0 Å². The average molecular weight is 427 g/mol. The van der Waals surface area contributed by atoms with Crippen LogP contribution < -0.4 is 0 Å². The molecule has 0 amide bonds. The largest absolute Gasteiger partial charge is 0.468 e. The Bertz CT molecular complexity index is 697. The number of nitro groups is 1. The molecule has 0 saturated carbocycles. The number of benzene rings is 1. The summed E-state index contributed by atoms with van der Waals surface area (Å²) < 4.78 is 93.2. The Morgan fingerprint density at radius 3 is 2.23 bits per heavy atom. The van der Waals surface area contributed by atoms with Crippen LogP contribution in [-0.2, 0) is 9.53 Å². The summed E-state index contributed by atoms with van der Waals surface area (Å²) in [6, 6.07) is 1.98. The molecule has 0 bridgehead atoms. The molecule has 0 radical (unpaired) electrons. The van der Waals surface area contributed by atoms with Crippen molar-refractivity contribution >= 4 is 35.2 Å². The Morgan fingerprint density at radius 1 is 1.19 bits per heavy atom. The molecule has 0 aliphatic heterocycles. The first-order valence-corrected chi connectivity index (χ1v) is 8.02. The Morgan fingerprint density at radius 2 is 1.77 bits per heavy atom. The van der Waals surface area contributed by atoms with Crippen molar-refractivity contribution in [3.05, 3.63) is 28.3 Å². The molecule has 0 aliphatic rings. The third-order valence-electron chi connectivity index (χ3n) is 2.67. The van der Waals surface area contributed by atoms with E-state index >= 15 is 0 Å². The van der Waals surface area contributed by atoms with Crippen LogP contribution >= 0.6 is 23.5 Å². The standard InChI is InChI=1S/C12H8F7NO4S2/c1-24-9(21)5-25-8-3-2-6(4-7(8)20(22)23)26-12(18,19)10(13,14)11(15,16)17/h2-4H,5H2,1H3. The molecule has 1 aromatic carbocycles. The molecule has 0 fully saturated rings. The first kappa shape index (κ1) is 22.3. The number of alkyl halides is 7. The normalized spacial score (nSPS) is 12.8. The number of hydrogen-bond acceptors (Lipinski definition) is 6. The highest BCUT2D eigenvalue weighted by atomic mass is 32.2. The van der Waals surface area contributed by atoms with Crippen LogP contribution in [0.3, 0.4) is 0 Å². The summed E-state index contributed by atoms with van der Waals surface area (Å²) in [5.41, 5.74) is -0.838. The van der Waals surface area contributed by atoms with E-state index in [-0.39, 0.29) is 10.6 Å². The van der Waals surface area contributed by atoms with Crippen molar-refractivity contribution in [2.45, 2.75) is 27.1 Å². The number of halogens is 7. The Labute approximate surface area is 149 Å². The fourth-order valence-electron chi connectivity index (χ4n) is 1.40. The van der Waals surface area contributed by atoms with Crippen molar-refractivity contribution in [2.75, 3.05) is 12.9 Å². The van der Waals surface area contributed by atoms with Gasteiger partial charge in [-0.1, -0.05) is 0 Å². The van der Waals surface area contributed by atoms with Crippen molar-refractivity contribution in [3.63, 3.8) is 0 Å². The van der Waals surface area contributed by atoms with E-state index in [0.29, 0.717) is 23.9 Å². The predicted molar refractivity (Wildman–Crippen MR) is 77.6 cm³/mol. The molecule has 146 valence electrons. The second-order valence-corrected chi connectivity index (χ2v) is 6.65. The number of nitro benzene ring substituents is 1. The zero-order valence-corrected chi connectivity index (χ0v) is 14.1. The van der Waals surface area contributed by atoms with Crippen molar-refractivity contribution in [2.24, 2.45) is 0 Å². The Kier molecular flexibility index (Phi) is 6.79. The first-order chi connectivity index (χ1) is 11.7. The highest BCUT2D eigenvalue weighted by Crippen LogP contribution is 2.54. The summed E-state index contributed by atoms with van der Waals surface area (Å²) in [6.07, 6.45) is -6.51. The van der Waals surface area contributed by atoms with Gasteiger partial charge in [-0.05, 0) is 23.9 Å². The predicted octanol–water partition coefficient (Wildman–Crippen LogP) is 4.74. The smallest absolute Gasteiger partial charge is 0.460 e. The molecule has 1 aromatic rings. The van der Waals surface area contributed by atoms with Crippen LogP contribution in [0.25, 0.3) is 0 Å². The lowest BCUT2D eigenvalue weighted by molar-refractivity contribution is -0.387. The Hall–Kier alpha value is -1.70. The molecule has 0 heterocycles. The maximum atomic E-state index is 13.4. The molecule has 0 unspecified atom stereocenters. The number of thioether (sulfide) groups is 2. The number of hydrogen-bond donors (Lipinski definition) is 0. The van der Waals surface area contributed by atoms with Gasteiger partial charge in [-0.15, -0.1) is 11.8 Å². The SMILES string of the molecule is COC(=O)CSc1ccc(SC(F)(F)C(F)(F)C(F)(F)F)cc1[N+](=O)[O-]. The number of esters is 1. The van der Waals surface area contributed by atoms with Gasteiger partial charge < -0.3 is 4.74 Å². The monoisotopic (exact) mass is 427 g/mol. The number of methoxy groups -OCH3 is 1. The van der Waals surface area contributed by atoms with Gasteiger partial charge in [0.25, 0.3) is 5.69 Å². The van der Waals surface area contributed by atoms with E-state index in [0.717, 1.165) is 13.2 Å². The number of ether oxygens (including phenoxy) is 1. The van der Waals surface area contributed by atoms with Gasteiger partial charge in [0.15, 0.2) is 0 Å². The fourth-order valence-corrected chi connectivity index (χ4v) is 3.08.